The molecule has 0 aliphatic carbocycles. The Kier molecular flexibility index (Phi) is 15.4. The number of aromatic nitrogens is 4. The van der Waals surface area contributed by atoms with Crippen LogP contribution in [-0.2, 0) is 19.1 Å². The van der Waals surface area contributed by atoms with Gasteiger partial charge in [0.15, 0.2) is 11.6 Å². The van der Waals surface area contributed by atoms with Crippen molar-refractivity contribution < 1.29 is 41.4 Å². The van der Waals surface area contributed by atoms with Gasteiger partial charge < -0.3 is 44.4 Å². The van der Waals surface area contributed by atoms with Gasteiger partial charge in [-0.2, -0.15) is 0 Å². The van der Waals surface area contributed by atoms with Crippen molar-refractivity contribution in [2.45, 2.75) is 127 Å². The number of fused-ring (bicyclic) bond motifs is 1. The van der Waals surface area contributed by atoms with Crippen LogP contribution in [0.5, 0.6) is 0 Å². The first-order valence-electron chi connectivity index (χ1n) is 25.5. The monoisotopic (exact) mass is 1010 g/mol. The van der Waals surface area contributed by atoms with E-state index in [1.165, 1.54) is 44.6 Å². The number of alkyl carbamates (subject to hydrolysis) is 1. The van der Waals surface area contributed by atoms with Crippen molar-refractivity contribution in [2.24, 2.45) is 0 Å². The number of aromatic amines is 2. The van der Waals surface area contributed by atoms with Gasteiger partial charge in [0.05, 0.1) is 53.1 Å². The van der Waals surface area contributed by atoms with Crippen molar-refractivity contribution in [3.8, 4) is 12.3 Å². The molecule has 6 atom stereocenters. The molecule has 0 spiro atoms. The molecule has 4 saturated heterocycles. The van der Waals surface area contributed by atoms with E-state index in [1.807, 2.05) is 22.8 Å². The number of nitrogens with one attached hydrogen (secondary N) is 3. The number of carbonyl (C=O) groups excluding carboxylic acids is 3. The Morgan fingerprint density at radius 3 is 2.21 bits per heavy atom. The van der Waals surface area contributed by atoms with Crippen molar-refractivity contribution in [3.63, 3.8) is 0 Å². The molecule has 0 unspecified atom stereocenters. The van der Waals surface area contributed by atoms with Crippen molar-refractivity contribution in [1.82, 2.24) is 35.1 Å². The number of rotatable bonds is 14. The van der Waals surface area contributed by atoms with Gasteiger partial charge in [0.2, 0.25) is 11.8 Å². The highest BCUT2D eigenvalue weighted by molar-refractivity contribution is 5.87. The molecule has 14 nitrogen and oxygen atoms in total. The molecular weight excluding hydrogens is 943 g/mol. The van der Waals surface area contributed by atoms with Crippen molar-refractivity contribution in [2.75, 3.05) is 50.2 Å². The number of amides is 3. The number of terminal acetylenes is 1. The summed E-state index contributed by atoms with van der Waals surface area (Å²) in [6, 6.07) is 9.36. The van der Waals surface area contributed by atoms with Crippen molar-refractivity contribution in [1.29, 1.82) is 0 Å². The lowest BCUT2D eigenvalue weighted by atomic mass is 9.89. The maximum absolute atomic E-state index is 16.7. The Balaban J connectivity index is 1.04. The van der Waals surface area contributed by atoms with E-state index in [1.54, 1.807) is 41.0 Å². The lowest BCUT2D eigenvalue weighted by Crippen LogP contribution is -2.54. The molecule has 5 aromatic rings. The fraction of sp³-hybridized carbons (Fsp3) is 0.473. The van der Waals surface area contributed by atoms with Crippen LogP contribution in [0.1, 0.15) is 131 Å². The zero-order valence-electron chi connectivity index (χ0n) is 41.7. The topological polar surface area (TPSA) is 152 Å². The summed E-state index contributed by atoms with van der Waals surface area (Å²) < 4.78 is 74.0. The number of anilines is 2. The van der Waals surface area contributed by atoms with E-state index in [4.69, 9.17) is 25.9 Å². The van der Waals surface area contributed by atoms with Gasteiger partial charge in [-0.3, -0.25) is 9.59 Å². The van der Waals surface area contributed by atoms with E-state index in [9.17, 15) is 18.8 Å². The van der Waals surface area contributed by atoms with E-state index in [-0.39, 0.29) is 41.0 Å². The molecule has 386 valence electrons. The highest BCUT2D eigenvalue weighted by Gasteiger charge is 2.40. The molecule has 73 heavy (non-hydrogen) atoms. The first kappa shape index (κ1) is 51.0. The number of carbonyl (C=O) groups is 3. The Labute approximate surface area is 422 Å². The summed E-state index contributed by atoms with van der Waals surface area (Å²) >= 11 is 0. The molecule has 3 amide bonds. The quantitative estimate of drug-likeness (QED) is 0.0741. The molecule has 18 heteroatoms. The van der Waals surface area contributed by atoms with Gasteiger partial charge in [-0.1, -0.05) is 31.1 Å². The number of H-pyrrole nitrogens is 2. The minimum Gasteiger partial charge on any atom is -0.453 e. The van der Waals surface area contributed by atoms with Gasteiger partial charge in [0, 0.05) is 63.1 Å². The summed E-state index contributed by atoms with van der Waals surface area (Å²) in [6.45, 7) is 5.48. The smallest absolute Gasteiger partial charge is 0.407 e. The van der Waals surface area contributed by atoms with Crippen LogP contribution >= 0.6 is 0 Å². The summed E-state index contributed by atoms with van der Waals surface area (Å²) in [5.41, 5.74) is 2.44. The average Bonchev–Trinajstić information content (AvgIpc) is 4.25. The number of hydrogen-bond donors (Lipinski definition) is 3. The number of hydrogen-bond acceptors (Lipinski definition) is 9. The van der Waals surface area contributed by atoms with Gasteiger partial charge in [-0.15, -0.1) is 6.42 Å². The minimum absolute atomic E-state index is 0.0588. The van der Waals surface area contributed by atoms with Gasteiger partial charge in [-0.25, -0.2) is 32.3 Å². The molecule has 6 heterocycles. The summed E-state index contributed by atoms with van der Waals surface area (Å²) in [4.78, 5) is 63.0. The van der Waals surface area contributed by atoms with Gasteiger partial charge in [0.25, 0.3) is 0 Å². The van der Waals surface area contributed by atoms with Crippen LogP contribution in [-0.4, -0.2) is 106 Å². The Bertz CT molecular complexity index is 2980. The van der Waals surface area contributed by atoms with Gasteiger partial charge >= 0.3 is 6.09 Å². The van der Waals surface area contributed by atoms with Gasteiger partial charge in [0.1, 0.15) is 35.0 Å². The van der Waals surface area contributed by atoms with Crippen molar-refractivity contribution in [3.05, 3.63) is 105 Å². The van der Waals surface area contributed by atoms with Crippen LogP contribution in [0, 0.1) is 35.6 Å². The average molecular weight is 1010 g/mol. The van der Waals surface area contributed by atoms with E-state index in [0.29, 0.717) is 116 Å². The lowest BCUT2D eigenvalue weighted by Gasteiger charge is -2.36. The van der Waals surface area contributed by atoms with Crippen LogP contribution < -0.4 is 25.8 Å². The van der Waals surface area contributed by atoms with Gasteiger partial charge in [-0.05, 0) is 119 Å². The maximum atomic E-state index is 16.7. The first-order valence-corrected chi connectivity index (χ1v) is 25.5. The second-order valence-corrected chi connectivity index (χ2v) is 19.6. The van der Waals surface area contributed by atoms with Crippen molar-refractivity contribution >= 4 is 52.5 Å². The SMILES string of the molecule is C#C/C=c1/[nH]c([C@@H]2CCCN2C(=O)[C@@H](NC(=O)OC)[C@@H](C)OC)n/c1=C/C[C@H]1CC[C@H](c2cc3nc([C@@H]4CCCN4C(=O)CCC)[nH]c3cc2F)N1c1cc(F)c(N2CCC(c3ccc(F)cc3)CC2)c(F)c1. The van der Waals surface area contributed by atoms with Crippen LogP contribution in [0.2, 0.25) is 0 Å². The fourth-order valence-corrected chi connectivity index (χ4v) is 11.5. The molecular formula is C55H63F4N9O5. The zero-order valence-corrected chi connectivity index (χ0v) is 41.7. The molecule has 4 aliphatic heterocycles. The number of benzene rings is 3. The molecule has 0 bridgehead atoms. The number of nitrogens with zero attached hydrogens (tertiary/aromatic N) is 6. The van der Waals surface area contributed by atoms with Crippen LogP contribution in [0.15, 0.2) is 48.5 Å². The molecule has 2 aromatic heterocycles. The highest BCUT2D eigenvalue weighted by Crippen LogP contribution is 2.45. The summed E-state index contributed by atoms with van der Waals surface area (Å²) in [5, 5.41) is 3.64. The first-order chi connectivity index (χ1) is 35.3. The van der Waals surface area contributed by atoms with Crippen LogP contribution in [0.25, 0.3) is 23.2 Å². The Morgan fingerprint density at radius 2 is 1.53 bits per heavy atom. The maximum Gasteiger partial charge on any atom is 0.407 e. The van der Waals surface area contributed by atoms with Crippen LogP contribution in [0.4, 0.5) is 33.7 Å². The molecule has 4 fully saturated rings. The molecule has 9 rings (SSSR count). The highest BCUT2D eigenvalue weighted by atomic mass is 19.1. The number of methoxy groups -OCH3 is 2. The second kappa shape index (κ2) is 22.1. The van der Waals surface area contributed by atoms with Crippen LogP contribution in [0.3, 0.4) is 0 Å². The predicted octanol–water partition coefficient (Wildman–Crippen LogP) is 8.11. The molecule has 4 aliphatic rings. The summed E-state index contributed by atoms with van der Waals surface area (Å²) in [7, 11) is 2.67. The van der Waals surface area contributed by atoms with E-state index >= 15 is 13.2 Å². The third-order valence-corrected chi connectivity index (χ3v) is 15.3. The number of likely N-dealkylation sites (tertiary alicyclic amines) is 2. The van der Waals surface area contributed by atoms with E-state index < -0.39 is 53.8 Å². The van der Waals surface area contributed by atoms with E-state index in [2.05, 4.69) is 21.2 Å². The Hall–Kier alpha value is -6.87. The molecule has 0 radical (unpaired) electrons. The number of piperidine rings is 1. The minimum atomic E-state index is -1.03. The zero-order chi connectivity index (χ0) is 51.5. The predicted molar refractivity (Wildman–Crippen MR) is 270 cm³/mol. The fourth-order valence-electron chi connectivity index (χ4n) is 11.5. The Morgan fingerprint density at radius 1 is 0.849 bits per heavy atom. The normalized spacial score (nSPS) is 21.8. The second-order valence-electron chi connectivity index (χ2n) is 19.6. The molecule has 3 aromatic carbocycles. The summed E-state index contributed by atoms with van der Waals surface area (Å²) in [6.07, 6.45) is 14.4. The molecule has 0 saturated carbocycles. The number of halogens is 4. The largest absolute Gasteiger partial charge is 0.453 e. The third-order valence-electron chi connectivity index (χ3n) is 15.3. The standard InChI is InChI=1S/C55H63F4N9O5/c1-6-10-42-43(61-53(60-42)48-13-9-25-67(48)54(70)50(32(3)72-4)64-55(71)73-5)20-18-36-19-21-46(38-30-44-45(31-39(38)57)63-52(62-44)47-12-8-24-66(47)49(69)11-7-2)68(36)37-28-40(58)51(41(59)29-37)65-26-22-34(23-27-65)33-14-16-35(56)17-15-33/h1,10,14-17,20,28-32,34,36,46-48,50H,7-9,11-13,18-19,21-27H2,2-5H3,(H,60,61)(H,62,63)(H,64,71)/b42-10+,43-20+/t32-,36+,46-,47+,48+,50+/m1/s1. The lowest BCUT2D eigenvalue weighted by molar-refractivity contribution is -0.137. The number of imidazole rings is 2. The third kappa shape index (κ3) is 10.5. The van der Waals surface area contributed by atoms with E-state index in [0.717, 1.165) is 24.8 Å². The molecule has 3 N–H and O–H groups in total. The summed E-state index contributed by atoms with van der Waals surface area (Å²) in [5.74, 6) is 1.19. The number of ether oxygens (including phenoxy) is 2.